The van der Waals surface area contributed by atoms with Gasteiger partial charge in [0.05, 0.1) is 19.7 Å². The van der Waals surface area contributed by atoms with Crippen molar-refractivity contribution in [1.82, 2.24) is 9.80 Å². The molecule has 1 aromatic heterocycles. The van der Waals surface area contributed by atoms with Crippen LogP contribution in [0.3, 0.4) is 0 Å². The molecule has 0 N–H and O–H groups in total. The van der Waals surface area contributed by atoms with Crippen molar-refractivity contribution >= 4 is 23.2 Å². The third kappa shape index (κ3) is 6.28. The minimum absolute atomic E-state index is 0.0269. The SMILES string of the molecule is COc1ccccc1OC[C@@H]1c2ccsc2CCN1C(=O)CN(CCC(C)C)C(=O)C(C)C. The first-order valence-electron chi connectivity index (χ1n) is 11.7. The fourth-order valence-electron chi connectivity index (χ4n) is 4.08. The molecular weight excluding hydrogens is 436 g/mol. The summed E-state index contributed by atoms with van der Waals surface area (Å²) >= 11 is 1.72. The highest BCUT2D eigenvalue weighted by atomic mass is 32.1. The van der Waals surface area contributed by atoms with Crippen LogP contribution >= 0.6 is 11.3 Å². The van der Waals surface area contributed by atoms with Crippen molar-refractivity contribution in [3.63, 3.8) is 0 Å². The number of para-hydroxylation sites is 2. The Morgan fingerprint density at radius 3 is 2.55 bits per heavy atom. The van der Waals surface area contributed by atoms with E-state index in [0.29, 0.717) is 37.1 Å². The molecule has 33 heavy (non-hydrogen) atoms. The molecule has 0 saturated carbocycles. The molecule has 1 aliphatic rings. The van der Waals surface area contributed by atoms with Crippen molar-refractivity contribution in [1.29, 1.82) is 0 Å². The lowest BCUT2D eigenvalue weighted by Crippen LogP contribution is -2.48. The highest BCUT2D eigenvalue weighted by Gasteiger charge is 2.34. The molecule has 3 rings (SSSR count). The van der Waals surface area contributed by atoms with Crippen molar-refractivity contribution in [3.8, 4) is 11.5 Å². The van der Waals surface area contributed by atoms with Gasteiger partial charge in [0.15, 0.2) is 11.5 Å². The summed E-state index contributed by atoms with van der Waals surface area (Å²) < 4.78 is 11.6. The molecule has 0 spiro atoms. The van der Waals surface area contributed by atoms with Gasteiger partial charge in [0.2, 0.25) is 11.8 Å². The first-order chi connectivity index (χ1) is 15.8. The van der Waals surface area contributed by atoms with E-state index in [9.17, 15) is 9.59 Å². The van der Waals surface area contributed by atoms with Gasteiger partial charge in [0, 0.05) is 23.9 Å². The molecule has 0 unspecified atom stereocenters. The van der Waals surface area contributed by atoms with E-state index >= 15 is 0 Å². The largest absolute Gasteiger partial charge is 0.493 e. The lowest BCUT2D eigenvalue weighted by molar-refractivity contribution is -0.144. The number of thiophene rings is 1. The van der Waals surface area contributed by atoms with Gasteiger partial charge < -0.3 is 19.3 Å². The molecule has 2 amide bonds. The number of carbonyl (C=O) groups excluding carboxylic acids is 2. The van der Waals surface area contributed by atoms with Gasteiger partial charge in [-0.25, -0.2) is 0 Å². The summed E-state index contributed by atoms with van der Waals surface area (Å²) in [5.41, 5.74) is 1.14. The maximum Gasteiger partial charge on any atom is 0.242 e. The van der Waals surface area contributed by atoms with Crippen molar-refractivity contribution in [2.45, 2.75) is 46.6 Å². The van der Waals surface area contributed by atoms with E-state index < -0.39 is 0 Å². The van der Waals surface area contributed by atoms with E-state index in [0.717, 1.165) is 18.4 Å². The van der Waals surface area contributed by atoms with Gasteiger partial charge in [-0.2, -0.15) is 0 Å². The quantitative estimate of drug-likeness (QED) is 0.499. The molecular formula is C26H36N2O4S. The van der Waals surface area contributed by atoms with E-state index in [1.165, 1.54) is 4.88 Å². The third-order valence-electron chi connectivity index (χ3n) is 5.99. The normalized spacial score (nSPS) is 15.5. The van der Waals surface area contributed by atoms with Gasteiger partial charge in [-0.3, -0.25) is 9.59 Å². The third-order valence-corrected chi connectivity index (χ3v) is 6.99. The lowest BCUT2D eigenvalue weighted by Gasteiger charge is -2.37. The summed E-state index contributed by atoms with van der Waals surface area (Å²) in [6, 6.07) is 9.43. The smallest absolute Gasteiger partial charge is 0.242 e. The van der Waals surface area contributed by atoms with Crippen LogP contribution in [0.15, 0.2) is 35.7 Å². The van der Waals surface area contributed by atoms with E-state index in [2.05, 4.69) is 25.3 Å². The molecule has 0 bridgehead atoms. The van der Waals surface area contributed by atoms with Crippen molar-refractivity contribution in [3.05, 3.63) is 46.2 Å². The zero-order valence-electron chi connectivity index (χ0n) is 20.4. The predicted molar refractivity (Wildman–Crippen MR) is 132 cm³/mol. The van der Waals surface area contributed by atoms with Crippen molar-refractivity contribution in [2.75, 3.05) is 33.4 Å². The van der Waals surface area contributed by atoms with Gasteiger partial charge >= 0.3 is 0 Å². The maximum atomic E-state index is 13.5. The van der Waals surface area contributed by atoms with Crippen LogP contribution in [0.4, 0.5) is 0 Å². The van der Waals surface area contributed by atoms with E-state index in [1.807, 2.05) is 43.0 Å². The Bertz CT molecular complexity index is 940. The van der Waals surface area contributed by atoms with E-state index in [1.54, 1.807) is 23.3 Å². The number of hydrogen-bond donors (Lipinski definition) is 0. The van der Waals surface area contributed by atoms with Crippen LogP contribution in [0.1, 0.15) is 50.6 Å². The second-order valence-electron chi connectivity index (χ2n) is 9.21. The highest BCUT2D eigenvalue weighted by molar-refractivity contribution is 7.10. The van der Waals surface area contributed by atoms with Gasteiger partial charge in [-0.05, 0) is 47.9 Å². The summed E-state index contributed by atoms with van der Waals surface area (Å²) in [7, 11) is 1.62. The van der Waals surface area contributed by atoms with Crippen LogP contribution in [0.25, 0.3) is 0 Å². The molecule has 180 valence electrons. The molecule has 6 nitrogen and oxygen atoms in total. The summed E-state index contributed by atoms with van der Waals surface area (Å²) in [6.07, 6.45) is 1.70. The van der Waals surface area contributed by atoms with Crippen molar-refractivity contribution in [2.24, 2.45) is 11.8 Å². The Labute approximate surface area is 201 Å². The van der Waals surface area contributed by atoms with E-state index in [4.69, 9.17) is 9.47 Å². The molecule has 2 aromatic rings. The molecule has 1 aliphatic heterocycles. The number of hydrogen-bond acceptors (Lipinski definition) is 5. The van der Waals surface area contributed by atoms with Crippen LogP contribution in [0.5, 0.6) is 11.5 Å². The first-order valence-corrected chi connectivity index (χ1v) is 12.6. The molecule has 0 saturated heterocycles. The second kappa shape index (κ2) is 11.5. The Morgan fingerprint density at radius 1 is 1.15 bits per heavy atom. The number of nitrogens with zero attached hydrogens (tertiary/aromatic N) is 2. The molecule has 2 heterocycles. The highest BCUT2D eigenvalue weighted by Crippen LogP contribution is 2.35. The second-order valence-corrected chi connectivity index (χ2v) is 10.2. The number of fused-ring (bicyclic) bond motifs is 1. The fourth-order valence-corrected chi connectivity index (χ4v) is 5.01. The molecule has 0 radical (unpaired) electrons. The van der Waals surface area contributed by atoms with Crippen LogP contribution in [0, 0.1) is 11.8 Å². The Morgan fingerprint density at radius 2 is 1.88 bits per heavy atom. The predicted octanol–water partition coefficient (Wildman–Crippen LogP) is 4.79. The number of methoxy groups -OCH3 is 1. The Hall–Kier alpha value is -2.54. The minimum atomic E-state index is -0.196. The average Bonchev–Trinajstić information content (AvgIpc) is 3.28. The van der Waals surface area contributed by atoms with Crippen LogP contribution in [-0.2, 0) is 16.0 Å². The standard InChI is InChI=1S/C26H36N2O4S/c1-18(2)10-13-27(26(30)19(3)4)16-25(29)28-14-11-24-20(12-15-33-24)21(28)17-32-23-9-7-6-8-22(23)31-5/h6-9,12,15,18-19,21H,10-11,13-14,16-17H2,1-5H3/t21-/m1/s1. The number of ether oxygens (including phenoxy) is 2. The summed E-state index contributed by atoms with van der Waals surface area (Å²) in [5, 5.41) is 2.08. The zero-order chi connectivity index (χ0) is 24.0. The molecule has 1 atom stereocenters. The van der Waals surface area contributed by atoms with Crippen molar-refractivity contribution < 1.29 is 19.1 Å². The Kier molecular flexibility index (Phi) is 8.78. The average molecular weight is 473 g/mol. The minimum Gasteiger partial charge on any atom is -0.493 e. The number of benzene rings is 1. The maximum absolute atomic E-state index is 13.5. The van der Waals surface area contributed by atoms with Crippen LogP contribution in [0.2, 0.25) is 0 Å². The topological polar surface area (TPSA) is 59.1 Å². The first kappa shape index (κ1) is 25.1. The number of carbonyl (C=O) groups is 2. The van der Waals surface area contributed by atoms with E-state index in [-0.39, 0.29) is 30.3 Å². The van der Waals surface area contributed by atoms with Gasteiger partial charge in [-0.1, -0.05) is 39.8 Å². The van der Waals surface area contributed by atoms with Gasteiger partial charge in [0.25, 0.3) is 0 Å². The molecule has 1 aromatic carbocycles. The van der Waals surface area contributed by atoms with Gasteiger partial charge in [-0.15, -0.1) is 11.3 Å². The molecule has 7 heteroatoms. The Balaban J connectivity index is 1.78. The summed E-state index contributed by atoms with van der Waals surface area (Å²) in [4.78, 5) is 31.2. The van der Waals surface area contributed by atoms with Gasteiger partial charge in [0.1, 0.15) is 6.61 Å². The van der Waals surface area contributed by atoms with Crippen LogP contribution in [-0.4, -0.2) is 55.0 Å². The summed E-state index contributed by atoms with van der Waals surface area (Å²) in [6.45, 7) is 9.70. The molecule has 0 aliphatic carbocycles. The number of rotatable bonds is 10. The molecule has 0 fully saturated rings. The number of amides is 2. The summed E-state index contributed by atoms with van der Waals surface area (Å²) in [5.74, 6) is 1.65. The fraction of sp³-hybridized carbons (Fsp3) is 0.538. The monoisotopic (exact) mass is 472 g/mol. The zero-order valence-corrected chi connectivity index (χ0v) is 21.2. The lowest BCUT2D eigenvalue weighted by atomic mass is 10.00. The van der Waals surface area contributed by atoms with Crippen LogP contribution < -0.4 is 9.47 Å².